The van der Waals surface area contributed by atoms with Gasteiger partial charge in [-0.2, -0.15) is 0 Å². The minimum Gasteiger partial charge on any atom is -0.484 e. The molecule has 18 heavy (non-hydrogen) atoms. The van der Waals surface area contributed by atoms with Crippen LogP contribution in [0.3, 0.4) is 0 Å². The number of rotatable bonds is 2. The molecule has 1 N–H and O–H groups in total. The Bertz CT molecular complexity index is 433. The molecule has 5 heteroatoms. The summed E-state index contributed by atoms with van der Waals surface area (Å²) in [5.74, 6) is -0.193. The molecular weight excluding hydrogens is 235 g/mol. The third-order valence-corrected chi connectivity index (χ3v) is 4.04. The highest BCUT2D eigenvalue weighted by molar-refractivity contribution is 6.32. The molecule has 3 rings (SSSR count). The van der Waals surface area contributed by atoms with Crippen molar-refractivity contribution in [3.8, 4) is 5.75 Å². The van der Waals surface area contributed by atoms with Crippen molar-refractivity contribution in [2.75, 3.05) is 13.1 Å². The molecule has 1 aromatic carbocycles. The number of halogens is 2. The van der Waals surface area contributed by atoms with E-state index in [1.165, 1.54) is 12.1 Å². The minimum atomic E-state index is -0.595. The van der Waals surface area contributed by atoms with Crippen molar-refractivity contribution in [2.24, 2.45) is 11.8 Å². The maximum absolute atomic E-state index is 13.7. The molecule has 2 unspecified atom stereocenters. The van der Waals surface area contributed by atoms with E-state index in [2.05, 4.69) is 5.32 Å². The van der Waals surface area contributed by atoms with Crippen molar-refractivity contribution < 1.29 is 13.5 Å². The molecule has 1 saturated carbocycles. The molecule has 0 bridgehead atoms. The first-order chi connectivity index (χ1) is 8.63. The molecule has 0 spiro atoms. The van der Waals surface area contributed by atoms with Gasteiger partial charge < -0.3 is 10.1 Å². The first kappa shape index (κ1) is 12.0. The molecule has 0 aromatic heterocycles. The van der Waals surface area contributed by atoms with Gasteiger partial charge in [0.25, 0.3) is 0 Å². The Morgan fingerprint density at radius 2 is 1.67 bits per heavy atom. The summed E-state index contributed by atoms with van der Waals surface area (Å²) in [4.78, 5) is 0. The zero-order valence-corrected chi connectivity index (χ0v) is 10.4. The van der Waals surface area contributed by atoms with E-state index in [0.717, 1.165) is 25.9 Å². The largest absolute Gasteiger partial charge is 0.484 e. The fourth-order valence-corrected chi connectivity index (χ4v) is 3.17. The molecule has 1 aliphatic heterocycles. The highest BCUT2D eigenvalue weighted by Crippen LogP contribution is 2.37. The lowest BCUT2D eigenvalue weighted by atomic mass is 9.96. The van der Waals surface area contributed by atoms with Crippen LogP contribution in [0.15, 0.2) is 12.1 Å². The SMILES string of the molecule is Bc1cc(F)c(OC2CC3CNCC3C2)c(F)c1. The summed E-state index contributed by atoms with van der Waals surface area (Å²) in [7, 11) is 1.67. The van der Waals surface area contributed by atoms with Crippen molar-refractivity contribution in [1.29, 1.82) is 0 Å². The maximum Gasteiger partial charge on any atom is 0.190 e. The van der Waals surface area contributed by atoms with E-state index in [4.69, 9.17) is 4.74 Å². The first-order valence-corrected chi connectivity index (χ1v) is 6.46. The van der Waals surface area contributed by atoms with Crippen LogP contribution in [0, 0.1) is 23.5 Å². The second kappa shape index (κ2) is 4.54. The Kier molecular flexibility index (Phi) is 3.02. The van der Waals surface area contributed by atoms with E-state index in [0.29, 0.717) is 17.3 Å². The summed E-state index contributed by atoms with van der Waals surface area (Å²) in [6.07, 6.45) is 1.74. The Hall–Kier alpha value is -1.10. The van der Waals surface area contributed by atoms with Gasteiger partial charge in [0.1, 0.15) is 7.85 Å². The molecule has 1 aliphatic carbocycles. The van der Waals surface area contributed by atoms with Crippen LogP contribution >= 0.6 is 0 Å². The van der Waals surface area contributed by atoms with Crippen molar-refractivity contribution in [3.63, 3.8) is 0 Å². The monoisotopic (exact) mass is 251 g/mol. The number of nitrogens with one attached hydrogen (secondary N) is 1. The maximum atomic E-state index is 13.7. The van der Waals surface area contributed by atoms with Crippen molar-refractivity contribution in [3.05, 3.63) is 23.8 Å². The van der Waals surface area contributed by atoms with Crippen molar-refractivity contribution >= 4 is 13.3 Å². The van der Waals surface area contributed by atoms with Gasteiger partial charge >= 0.3 is 0 Å². The van der Waals surface area contributed by atoms with E-state index >= 15 is 0 Å². The molecular formula is C13H16BF2NO. The fourth-order valence-electron chi connectivity index (χ4n) is 3.17. The molecule has 2 aliphatic rings. The van der Waals surface area contributed by atoms with Crippen LogP contribution in [-0.2, 0) is 0 Å². The van der Waals surface area contributed by atoms with Crippen LogP contribution in [-0.4, -0.2) is 27.0 Å². The molecule has 1 aromatic rings. The van der Waals surface area contributed by atoms with E-state index in [-0.39, 0.29) is 11.9 Å². The van der Waals surface area contributed by atoms with Gasteiger partial charge in [0, 0.05) is 0 Å². The summed E-state index contributed by atoms with van der Waals surface area (Å²) in [5, 5.41) is 3.34. The van der Waals surface area contributed by atoms with Gasteiger partial charge in [-0.3, -0.25) is 0 Å². The van der Waals surface area contributed by atoms with Gasteiger partial charge in [0.05, 0.1) is 6.10 Å². The third kappa shape index (κ3) is 2.12. The highest BCUT2D eigenvalue weighted by atomic mass is 19.1. The van der Waals surface area contributed by atoms with Gasteiger partial charge in [-0.1, -0.05) is 5.46 Å². The zero-order valence-electron chi connectivity index (χ0n) is 10.4. The lowest BCUT2D eigenvalue weighted by Crippen LogP contribution is -2.20. The van der Waals surface area contributed by atoms with E-state index in [9.17, 15) is 8.78 Å². The summed E-state index contributed by atoms with van der Waals surface area (Å²) in [5.41, 5.74) is 0.574. The van der Waals surface area contributed by atoms with Gasteiger partial charge in [-0.15, -0.1) is 0 Å². The van der Waals surface area contributed by atoms with Gasteiger partial charge in [0.2, 0.25) is 0 Å². The Labute approximate surface area is 106 Å². The smallest absolute Gasteiger partial charge is 0.190 e. The zero-order chi connectivity index (χ0) is 12.7. The predicted octanol–water partition coefficient (Wildman–Crippen LogP) is 0.600. The second-order valence-corrected chi connectivity index (χ2v) is 5.45. The van der Waals surface area contributed by atoms with E-state index in [1.54, 1.807) is 7.85 Å². The predicted molar refractivity (Wildman–Crippen MR) is 68.0 cm³/mol. The van der Waals surface area contributed by atoms with Gasteiger partial charge in [-0.05, 0) is 49.9 Å². The van der Waals surface area contributed by atoms with Crippen LogP contribution in [0.25, 0.3) is 0 Å². The van der Waals surface area contributed by atoms with E-state index in [1.807, 2.05) is 0 Å². The first-order valence-electron chi connectivity index (χ1n) is 6.46. The minimum absolute atomic E-state index is 0.0474. The Morgan fingerprint density at radius 3 is 2.22 bits per heavy atom. The van der Waals surface area contributed by atoms with Crippen LogP contribution in [0.2, 0.25) is 0 Å². The normalized spacial score (nSPS) is 30.4. The molecule has 2 atom stereocenters. The van der Waals surface area contributed by atoms with E-state index < -0.39 is 11.6 Å². The standard InChI is InChI=1S/C13H16BF2NO/c14-9-3-11(15)13(12(16)4-9)18-10-1-7-5-17-6-8(7)2-10/h3-4,7-8,10,17H,1-2,5-6,14H2. The topological polar surface area (TPSA) is 21.3 Å². The lowest BCUT2D eigenvalue weighted by Gasteiger charge is -2.16. The third-order valence-electron chi connectivity index (χ3n) is 4.04. The summed E-state index contributed by atoms with van der Waals surface area (Å²) >= 11 is 0. The van der Waals surface area contributed by atoms with Crippen molar-refractivity contribution in [2.45, 2.75) is 18.9 Å². The van der Waals surface area contributed by atoms with Gasteiger partial charge in [0.15, 0.2) is 17.4 Å². The van der Waals surface area contributed by atoms with Gasteiger partial charge in [-0.25, -0.2) is 8.78 Å². The van der Waals surface area contributed by atoms with Crippen molar-refractivity contribution in [1.82, 2.24) is 5.32 Å². The molecule has 2 nitrogen and oxygen atoms in total. The highest BCUT2D eigenvalue weighted by Gasteiger charge is 2.38. The summed E-state index contributed by atoms with van der Waals surface area (Å²) in [6.45, 7) is 2.01. The van der Waals surface area contributed by atoms with Crippen LogP contribution in [0.5, 0.6) is 5.75 Å². The van der Waals surface area contributed by atoms with Crippen LogP contribution in [0.4, 0.5) is 8.78 Å². The molecule has 0 radical (unpaired) electrons. The molecule has 0 amide bonds. The summed E-state index contributed by atoms with van der Waals surface area (Å²) < 4.78 is 32.9. The number of hydrogen-bond donors (Lipinski definition) is 1. The Balaban J connectivity index is 1.74. The fraction of sp³-hybridized carbons (Fsp3) is 0.538. The summed E-state index contributed by atoms with van der Waals surface area (Å²) in [6, 6.07) is 2.63. The van der Waals surface area contributed by atoms with Crippen LogP contribution in [0.1, 0.15) is 12.8 Å². The number of hydrogen-bond acceptors (Lipinski definition) is 2. The molecule has 1 heterocycles. The second-order valence-electron chi connectivity index (χ2n) is 5.45. The quantitative estimate of drug-likeness (QED) is 0.777. The molecule has 1 saturated heterocycles. The number of ether oxygens (including phenoxy) is 1. The molecule has 2 fully saturated rings. The average molecular weight is 251 g/mol. The number of fused-ring (bicyclic) bond motifs is 1. The lowest BCUT2D eigenvalue weighted by molar-refractivity contribution is 0.182. The number of benzene rings is 1. The molecule has 96 valence electrons. The van der Waals surface area contributed by atoms with Crippen LogP contribution < -0.4 is 15.5 Å². The average Bonchev–Trinajstić information content (AvgIpc) is 2.83. The Morgan fingerprint density at radius 1 is 1.11 bits per heavy atom.